The molecule has 0 amide bonds. The molecule has 2 saturated carbocycles. The average Bonchev–Trinajstić information content (AvgIpc) is 2.89. The summed E-state index contributed by atoms with van der Waals surface area (Å²) in [5.41, 5.74) is 4.26. The summed E-state index contributed by atoms with van der Waals surface area (Å²) in [6.45, 7) is 3.18. The molecule has 0 unspecified atom stereocenters. The van der Waals surface area contributed by atoms with Crippen molar-refractivity contribution in [1.82, 2.24) is 0 Å². The normalized spacial score (nSPS) is 25.0. The summed E-state index contributed by atoms with van der Waals surface area (Å²) < 4.78 is 20.4. The minimum atomic E-state index is -0.0806. The molecule has 1 nitrogen and oxygen atoms in total. The summed E-state index contributed by atoms with van der Waals surface area (Å²) in [5, 5.41) is 0. The zero-order chi connectivity index (χ0) is 24.5. The van der Waals surface area contributed by atoms with Gasteiger partial charge in [-0.1, -0.05) is 94.7 Å². The predicted molar refractivity (Wildman–Crippen MR) is 146 cm³/mol. The molecule has 0 radical (unpaired) electrons. The molecule has 2 aromatic rings. The van der Waals surface area contributed by atoms with Gasteiger partial charge >= 0.3 is 0 Å². The van der Waals surface area contributed by atoms with E-state index in [0.29, 0.717) is 11.8 Å². The van der Waals surface area contributed by atoms with E-state index < -0.39 is 0 Å². The Morgan fingerprint density at radius 3 is 2.06 bits per heavy atom. The maximum Gasteiger partial charge on any atom is 0.131 e. The fourth-order valence-electron chi connectivity index (χ4n) is 6.75. The van der Waals surface area contributed by atoms with Crippen LogP contribution in [0, 0.1) is 23.6 Å². The highest BCUT2D eigenvalue weighted by Crippen LogP contribution is 2.37. The van der Waals surface area contributed by atoms with Crippen LogP contribution in [0.3, 0.4) is 0 Å². The topological polar surface area (TPSA) is 9.23 Å². The number of hydrogen-bond donors (Lipinski definition) is 0. The first-order valence-electron chi connectivity index (χ1n) is 14.5. The average molecular weight is 479 g/mol. The molecule has 2 aromatic carbocycles. The third kappa shape index (κ3) is 7.66. The minimum absolute atomic E-state index is 0.0806. The molecule has 2 aliphatic rings. The van der Waals surface area contributed by atoms with E-state index in [4.69, 9.17) is 4.74 Å². The molecule has 0 heterocycles. The maximum atomic E-state index is 15.1. The summed E-state index contributed by atoms with van der Waals surface area (Å²) in [6.07, 6.45) is 18.4. The highest BCUT2D eigenvalue weighted by Gasteiger charge is 2.23. The number of halogens is 1. The first-order chi connectivity index (χ1) is 17.2. The van der Waals surface area contributed by atoms with Crippen molar-refractivity contribution in [2.45, 2.75) is 103 Å². The monoisotopic (exact) mass is 478 g/mol. The van der Waals surface area contributed by atoms with Crippen LogP contribution in [0.4, 0.5) is 4.39 Å². The van der Waals surface area contributed by atoms with Crippen LogP contribution in [0.2, 0.25) is 0 Å². The van der Waals surface area contributed by atoms with Crippen LogP contribution in [0.1, 0.15) is 107 Å². The molecule has 35 heavy (non-hydrogen) atoms. The van der Waals surface area contributed by atoms with E-state index >= 15 is 4.39 Å². The van der Waals surface area contributed by atoms with Crippen LogP contribution >= 0.6 is 0 Å². The fraction of sp³-hybridized carbons (Fsp3) is 0.636. The van der Waals surface area contributed by atoms with Crippen molar-refractivity contribution in [3.8, 4) is 11.1 Å². The molecule has 2 aliphatic carbocycles. The Kier molecular flexibility index (Phi) is 10.2. The SMILES string of the molecule is CCCC1CCC(CCCCc2ccc(-c3ccc(C4CCC(COC)CC4)cc3F)cc2)CC1. The number of methoxy groups -OCH3 is 1. The van der Waals surface area contributed by atoms with Gasteiger partial charge in [-0.25, -0.2) is 4.39 Å². The largest absolute Gasteiger partial charge is 0.384 e. The standard InChI is InChI=1S/C33H47FO/c1-3-6-25-9-11-26(12-10-25)7-4-5-8-27-13-19-30(20-14-27)32-22-21-31(23-33(32)34)29-17-15-28(16-18-29)24-35-2/h13-14,19-23,25-26,28-29H,3-12,15-18,24H2,1-2H3. The summed E-state index contributed by atoms with van der Waals surface area (Å²) in [7, 11) is 1.78. The molecule has 0 bridgehead atoms. The molecule has 0 saturated heterocycles. The molecule has 0 atom stereocenters. The number of ether oxygens (including phenoxy) is 1. The molecule has 0 spiro atoms. The predicted octanol–water partition coefficient (Wildman–Crippen LogP) is 9.73. The Bertz CT molecular complexity index is 872. The number of hydrogen-bond acceptors (Lipinski definition) is 1. The number of aryl methyl sites for hydroxylation is 1. The Morgan fingerprint density at radius 2 is 1.43 bits per heavy atom. The van der Waals surface area contributed by atoms with Gasteiger partial charge in [0.15, 0.2) is 0 Å². The second kappa shape index (κ2) is 13.6. The van der Waals surface area contributed by atoms with Gasteiger partial charge in [-0.2, -0.15) is 0 Å². The molecule has 0 N–H and O–H groups in total. The van der Waals surface area contributed by atoms with Gasteiger partial charge in [0, 0.05) is 19.3 Å². The minimum Gasteiger partial charge on any atom is -0.384 e. The van der Waals surface area contributed by atoms with Gasteiger partial charge in [0.2, 0.25) is 0 Å². The van der Waals surface area contributed by atoms with Gasteiger partial charge in [-0.15, -0.1) is 0 Å². The summed E-state index contributed by atoms with van der Waals surface area (Å²) in [5.74, 6) is 3.06. The molecule has 2 fully saturated rings. The van der Waals surface area contributed by atoms with E-state index in [2.05, 4.69) is 37.3 Å². The van der Waals surface area contributed by atoms with Gasteiger partial charge in [-0.3, -0.25) is 0 Å². The number of benzene rings is 2. The zero-order valence-corrected chi connectivity index (χ0v) is 22.2. The van der Waals surface area contributed by atoms with Gasteiger partial charge in [0.25, 0.3) is 0 Å². The molecule has 0 aromatic heterocycles. The van der Waals surface area contributed by atoms with E-state index in [0.717, 1.165) is 54.4 Å². The Labute approximate surface area is 213 Å². The number of rotatable bonds is 11. The lowest BCUT2D eigenvalue weighted by Crippen LogP contribution is -2.17. The van der Waals surface area contributed by atoms with E-state index in [1.807, 2.05) is 6.07 Å². The lowest BCUT2D eigenvalue weighted by atomic mass is 9.78. The van der Waals surface area contributed by atoms with Crippen molar-refractivity contribution in [3.05, 3.63) is 59.4 Å². The molecule has 2 heteroatoms. The van der Waals surface area contributed by atoms with Crippen molar-refractivity contribution in [1.29, 1.82) is 0 Å². The smallest absolute Gasteiger partial charge is 0.131 e. The van der Waals surface area contributed by atoms with E-state index in [-0.39, 0.29) is 5.82 Å². The van der Waals surface area contributed by atoms with Gasteiger partial charge < -0.3 is 4.74 Å². The molecular weight excluding hydrogens is 431 g/mol. The van der Waals surface area contributed by atoms with Crippen LogP contribution in [0.5, 0.6) is 0 Å². The Balaban J connectivity index is 1.22. The van der Waals surface area contributed by atoms with Crippen molar-refractivity contribution < 1.29 is 9.13 Å². The summed E-state index contributed by atoms with van der Waals surface area (Å²) in [4.78, 5) is 0. The fourth-order valence-corrected chi connectivity index (χ4v) is 6.75. The Morgan fingerprint density at radius 1 is 0.771 bits per heavy atom. The van der Waals surface area contributed by atoms with Crippen LogP contribution in [0.15, 0.2) is 42.5 Å². The number of unbranched alkanes of at least 4 members (excludes halogenated alkanes) is 1. The lowest BCUT2D eigenvalue weighted by molar-refractivity contribution is 0.127. The molecule has 4 rings (SSSR count). The van der Waals surface area contributed by atoms with Crippen LogP contribution in [-0.2, 0) is 11.2 Å². The van der Waals surface area contributed by atoms with Crippen LogP contribution in [-0.4, -0.2) is 13.7 Å². The van der Waals surface area contributed by atoms with Crippen molar-refractivity contribution in [2.75, 3.05) is 13.7 Å². The van der Waals surface area contributed by atoms with Crippen molar-refractivity contribution in [2.24, 2.45) is 17.8 Å². The van der Waals surface area contributed by atoms with Crippen LogP contribution in [0.25, 0.3) is 11.1 Å². The quantitative estimate of drug-likeness (QED) is 0.292. The Hall–Kier alpha value is -1.67. The highest BCUT2D eigenvalue weighted by atomic mass is 19.1. The van der Waals surface area contributed by atoms with Crippen molar-refractivity contribution in [3.63, 3.8) is 0 Å². The summed E-state index contributed by atoms with van der Waals surface area (Å²) >= 11 is 0. The molecule has 192 valence electrons. The second-order valence-electron chi connectivity index (χ2n) is 11.5. The zero-order valence-electron chi connectivity index (χ0n) is 22.2. The third-order valence-electron chi connectivity index (χ3n) is 8.97. The first-order valence-corrected chi connectivity index (χ1v) is 14.5. The maximum absolute atomic E-state index is 15.1. The second-order valence-corrected chi connectivity index (χ2v) is 11.5. The third-order valence-corrected chi connectivity index (χ3v) is 8.97. The van der Waals surface area contributed by atoms with Gasteiger partial charge in [-0.05, 0) is 85.0 Å². The van der Waals surface area contributed by atoms with E-state index in [1.54, 1.807) is 13.2 Å². The first kappa shape index (κ1) is 26.4. The van der Waals surface area contributed by atoms with Crippen LogP contribution < -0.4 is 0 Å². The van der Waals surface area contributed by atoms with Gasteiger partial charge in [0.05, 0.1) is 0 Å². The highest BCUT2D eigenvalue weighted by molar-refractivity contribution is 5.65. The van der Waals surface area contributed by atoms with E-state index in [9.17, 15) is 0 Å². The van der Waals surface area contributed by atoms with E-state index in [1.165, 1.54) is 76.2 Å². The lowest BCUT2D eigenvalue weighted by Gasteiger charge is -2.28. The molecular formula is C33H47FO. The summed E-state index contributed by atoms with van der Waals surface area (Å²) in [6, 6.07) is 14.6. The van der Waals surface area contributed by atoms with Gasteiger partial charge in [0.1, 0.15) is 5.82 Å². The van der Waals surface area contributed by atoms with Crippen molar-refractivity contribution >= 4 is 0 Å². The molecule has 0 aliphatic heterocycles.